The number of phenols is 1. The lowest BCUT2D eigenvalue weighted by atomic mass is 9.92. The molecule has 1 atom stereocenters. The molecule has 3 heteroatoms. The molecule has 3 N–H and O–H groups in total. The number of aromatic hydroxyl groups is 1. The fourth-order valence-corrected chi connectivity index (χ4v) is 1.51. The lowest BCUT2D eigenvalue weighted by molar-refractivity contribution is 0.171. The second-order valence-electron chi connectivity index (χ2n) is 4.81. The smallest absolute Gasteiger partial charge is 0.115 e. The Morgan fingerprint density at radius 3 is 2.25 bits per heavy atom. The number of nitrogens with one attached hydrogen (secondary N) is 1. The van der Waals surface area contributed by atoms with Crippen molar-refractivity contribution in [1.29, 1.82) is 0 Å². The molecule has 3 nitrogen and oxygen atoms in total. The average molecular weight is 223 g/mol. The van der Waals surface area contributed by atoms with Gasteiger partial charge in [-0.3, -0.25) is 0 Å². The maximum Gasteiger partial charge on any atom is 0.115 e. The Labute approximate surface area is 97.1 Å². The third kappa shape index (κ3) is 3.22. The molecule has 0 saturated heterocycles. The minimum Gasteiger partial charge on any atom is -0.508 e. The van der Waals surface area contributed by atoms with Gasteiger partial charge in [0.25, 0.3) is 0 Å². The van der Waals surface area contributed by atoms with Crippen LogP contribution in [-0.4, -0.2) is 23.4 Å². The highest BCUT2D eigenvalue weighted by molar-refractivity contribution is 5.30. The van der Waals surface area contributed by atoms with E-state index in [4.69, 9.17) is 0 Å². The zero-order chi connectivity index (χ0) is 12.2. The van der Waals surface area contributed by atoms with E-state index in [0.29, 0.717) is 5.92 Å². The molecule has 0 aromatic heterocycles. The van der Waals surface area contributed by atoms with Crippen molar-refractivity contribution in [3.63, 3.8) is 0 Å². The van der Waals surface area contributed by atoms with Crippen molar-refractivity contribution in [1.82, 2.24) is 5.32 Å². The lowest BCUT2D eigenvalue weighted by Gasteiger charge is -2.30. The zero-order valence-corrected chi connectivity index (χ0v) is 10.2. The topological polar surface area (TPSA) is 52.5 Å². The maximum absolute atomic E-state index is 9.50. The number of aliphatic hydroxyl groups is 1. The third-order valence-electron chi connectivity index (χ3n) is 2.72. The molecule has 0 aliphatic heterocycles. The van der Waals surface area contributed by atoms with Gasteiger partial charge in [-0.1, -0.05) is 26.0 Å². The van der Waals surface area contributed by atoms with Crippen LogP contribution in [0.3, 0.4) is 0 Å². The van der Waals surface area contributed by atoms with E-state index in [0.717, 1.165) is 12.1 Å². The normalized spacial score (nSPS) is 15.1. The lowest BCUT2D eigenvalue weighted by Crippen LogP contribution is -2.44. The van der Waals surface area contributed by atoms with Crippen LogP contribution < -0.4 is 5.32 Å². The summed E-state index contributed by atoms with van der Waals surface area (Å²) in [5.41, 5.74) is 0.534. The second-order valence-corrected chi connectivity index (χ2v) is 4.81. The molecular weight excluding hydrogens is 202 g/mol. The van der Waals surface area contributed by atoms with Gasteiger partial charge in [0.2, 0.25) is 0 Å². The first-order chi connectivity index (χ1) is 7.48. The highest BCUT2D eigenvalue weighted by Gasteiger charge is 2.25. The summed E-state index contributed by atoms with van der Waals surface area (Å²) in [6.45, 7) is 7.09. The number of rotatable bonds is 5. The number of aliphatic hydroxyl groups excluding tert-OH is 1. The molecule has 0 amide bonds. The fourth-order valence-electron chi connectivity index (χ4n) is 1.51. The van der Waals surface area contributed by atoms with Crippen molar-refractivity contribution >= 4 is 0 Å². The Kier molecular flexibility index (Phi) is 4.33. The standard InChI is InChI=1S/C13H21NO2/c1-10(2)8-14-13(3,9-15)11-4-6-12(16)7-5-11/h4-7,10,14-16H,8-9H2,1-3H3. The molecule has 0 aliphatic rings. The van der Waals surface area contributed by atoms with Gasteiger partial charge in [-0.2, -0.15) is 0 Å². The molecule has 1 rings (SSSR count). The van der Waals surface area contributed by atoms with E-state index >= 15 is 0 Å². The van der Waals surface area contributed by atoms with Crippen molar-refractivity contribution in [2.24, 2.45) is 5.92 Å². The van der Waals surface area contributed by atoms with Gasteiger partial charge < -0.3 is 15.5 Å². The molecular formula is C13H21NO2. The van der Waals surface area contributed by atoms with E-state index in [-0.39, 0.29) is 12.4 Å². The van der Waals surface area contributed by atoms with E-state index in [1.54, 1.807) is 12.1 Å². The van der Waals surface area contributed by atoms with Crippen LogP contribution in [0.5, 0.6) is 5.75 Å². The molecule has 90 valence electrons. The predicted octanol–water partition coefficient (Wildman–Crippen LogP) is 1.85. The average Bonchev–Trinajstić information content (AvgIpc) is 2.27. The summed E-state index contributed by atoms with van der Waals surface area (Å²) in [6.07, 6.45) is 0. The SMILES string of the molecule is CC(C)CNC(C)(CO)c1ccc(O)cc1. The molecule has 1 unspecified atom stereocenters. The van der Waals surface area contributed by atoms with Gasteiger partial charge in [0.1, 0.15) is 5.75 Å². The Balaban J connectivity index is 2.82. The molecule has 16 heavy (non-hydrogen) atoms. The summed E-state index contributed by atoms with van der Waals surface area (Å²) >= 11 is 0. The van der Waals surface area contributed by atoms with E-state index < -0.39 is 5.54 Å². The van der Waals surface area contributed by atoms with E-state index in [1.165, 1.54) is 0 Å². The Morgan fingerprint density at radius 1 is 1.25 bits per heavy atom. The first-order valence-electron chi connectivity index (χ1n) is 5.63. The van der Waals surface area contributed by atoms with Gasteiger partial charge in [0, 0.05) is 0 Å². The predicted molar refractivity (Wildman–Crippen MR) is 65.4 cm³/mol. The molecule has 0 saturated carbocycles. The highest BCUT2D eigenvalue weighted by Crippen LogP contribution is 2.22. The van der Waals surface area contributed by atoms with Crippen LogP contribution in [0.2, 0.25) is 0 Å². The monoisotopic (exact) mass is 223 g/mol. The summed E-state index contributed by atoms with van der Waals surface area (Å²) in [7, 11) is 0. The van der Waals surface area contributed by atoms with Crippen molar-refractivity contribution in [2.75, 3.05) is 13.2 Å². The van der Waals surface area contributed by atoms with Crippen LogP contribution in [-0.2, 0) is 5.54 Å². The van der Waals surface area contributed by atoms with Gasteiger partial charge in [0.15, 0.2) is 0 Å². The first kappa shape index (κ1) is 13.0. The van der Waals surface area contributed by atoms with Gasteiger partial charge in [-0.15, -0.1) is 0 Å². The van der Waals surface area contributed by atoms with Crippen LogP contribution in [0.15, 0.2) is 24.3 Å². The van der Waals surface area contributed by atoms with Crippen LogP contribution >= 0.6 is 0 Å². The Morgan fingerprint density at radius 2 is 1.81 bits per heavy atom. The first-order valence-corrected chi connectivity index (χ1v) is 5.63. The summed E-state index contributed by atoms with van der Waals surface area (Å²) < 4.78 is 0. The minimum atomic E-state index is -0.446. The van der Waals surface area contributed by atoms with Gasteiger partial charge >= 0.3 is 0 Å². The summed E-state index contributed by atoms with van der Waals surface area (Å²) in [5.74, 6) is 0.774. The fraction of sp³-hybridized carbons (Fsp3) is 0.538. The minimum absolute atomic E-state index is 0.0322. The van der Waals surface area contributed by atoms with Crippen LogP contribution in [0.1, 0.15) is 26.3 Å². The Bertz CT molecular complexity index is 321. The van der Waals surface area contributed by atoms with Gasteiger partial charge in [-0.25, -0.2) is 0 Å². The molecule has 0 spiro atoms. The van der Waals surface area contributed by atoms with E-state index in [2.05, 4.69) is 19.2 Å². The van der Waals surface area contributed by atoms with Gasteiger partial charge in [-0.05, 0) is 37.1 Å². The van der Waals surface area contributed by atoms with E-state index in [9.17, 15) is 10.2 Å². The summed E-state index contributed by atoms with van der Waals surface area (Å²) in [4.78, 5) is 0. The highest BCUT2D eigenvalue weighted by atomic mass is 16.3. The van der Waals surface area contributed by atoms with Crippen molar-refractivity contribution in [3.8, 4) is 5.75 Å². The van der Waals surface area contributed by atoms with Crippen molar-refractivity contribution in [3.05, 3.63) is 29.8 Å². The Hall–Kier alpha value is -1.06. The van der Waals surface area contributed by atoms with Crippen LogP contribution in [0.4, 0.5) is 0 Å². The third-order valence-corrected chi connectivity index (χ3v) is 2.72. The largest absolute Gasteiger partial charge is 0.508 e. The van der Waals surface area contributed by atoms with Crippen LogP contribution in [0, 0.1) is 5.92 Å². The molecule has 0 radical (unpaired) electrons. The number of hydrogen-bond acceptors (Lipinski definition) is 3. The molecule has 1 aromatic carbocycles. The van der Waals surface area contributed by atoms with Crippen molar-refractivity contribution in [2.45, 2.75) is 26.3 Å². The maximum atomic E-state index is 9.50. The summed E-state index contributed by atoms with van der Waals surface area (Å²) in [5, 5.41) is 22.1. The summed E-state index contributed by atoms with van der Waals surface area (Å²) in [6, 6.07) is 6.94. The van der Waals surface area contributed by atoms with Gasteiger partial charge in [0.05, 0.1) is 12.1 Å². The molecule has 1 aromatic rings. The number of hydrogen-bond donors (Lipinski definition) is 3. The van der Waals surface area contributed by atoms with Crippen molar-refractivity contribution < 1.29 is 10.2 Å². The zero-order valence-electron chi connectivity index (χ0n) is 10.2. The quantitative estimate of drug-likeness (QED) is 0.714. The second kappa shape index (κ2) is 5.32. The molecule has 0 fully saturated rings. The molecule has 0 bridgehead atoms. The number of benzene rings is 1. The number of phenolic OH excluding ortho intramolecular Hbond substituents is 1. The molecule has 0 heterocycles. The van der Waals surface area contributed by atoms with E-state index in [1.807, 2.05) is 19.1 Å². The van der Waals surface area contributed by atoms with Crippen LogP contribution in [0.25, 0.3) is 0 Å². The molecule has 0 aliphatic carbocycles.